The molecule has 5 rings (SSSR count). The maximum absolute atomic E-state index is 13.9. The van der Waals surface area contributed by atoms with Gasteiger partial charge in [0.1, 0.15) is 5.58 Å². The number of furan rings is 1. The first-order chi connectivity index (χ1) is 16.0. The molecule has 180 valence electrons. The molecule has 8 heteroatoms. The summed E-state index contributed by atoms with van der Waals surface area (Å²) in [5, 5.41) is 1.61. The van der Waals surface area contributed by atoms with Gasteiger partial charge in [-0.1, -0.05) is 37.5 Å². The Kier molecular flexibility index (Phi) is 7.04. The average molecular weight is 492 g/mol. The summed E-state index contributed by atoms with van der Waals surface area (Å²) in [5.74, 6) is 1.08. The number of nitrogens with zero attached hydrogens (tertiary/aromatic N) is 1. The van der Waals surface area contributed by atoms with Crippen LogP contribution < -0.4 is 0 Å². The summed E-state index contributed by atoms with van der Waals surface area (Å²) in [5.41, 5.74) is 1.67. The van der Waals surface area contributed by atoms with E-state index in [4.69, 9.17) is 9.15 Å². The van der Waals surface area contributed by atoms with Gasteiger partial charge in [0.25, 0.3) is 5.91 Å². The maximum atomic E-state index is 13.9. The molecule has 3 aliphatic rings. The Balaban J connectivity index is 1.45. The molecule has 0 radical (unpaired) electrons. The highest BCUT2D eigenvalue weighted by atomic mass is 32.2. The zero-order valence-electron chi connectivity index (χ0n) is 19.0. The van der Waals surface area contributed by atoms with Crippen LogP contribution in [0, 0.1) is 0 Å². The minimum absolute atomic E-state index is 0.0256. The Morgan fingerprint density at radius 2 is 1.88 bits per heavy atom. The molecule has 0 spiro atoms. The SMILES string of the molecule is O=C(c1oc2ccccc2c1CSC1CCCCC1)N(CC1CCCO1)C1CCS(=O)(=O)C1. The van der Waals surface area contributed by atoms with Crippen molar-refractivity contribution in [2.24, 2.45) is 0 Å². The molecular weight excluding hydrogens is 458 g/mol. The summed E-state index contributed by atoms with van der Waals surface area (Å²) in [6.07, 6.45) is 8.65. The van der Waals surface area contributed by atoms with Gasteiger partial charge in [-0.25, -0.2) is 8.42 Å². The molecule has 3 fully saturated rings. The maximum Gasteiger partial charge on any atom is 0.290 e. The number of fused-ring (bicyclic) bond motifs is 1. The lowest BCUT2D eigenvalue weighted by Gasteiger charge is -2.30. The zero-order valence-corrected chi connectivity index (χ0v) is 20.7. The summed E-state index contributed by atoms with van der Waals surface area (Å²) in [6.45, 7) is 1.12. The van der Waals surface area contributed by atoms with Gasteiger partial charge in [0.2, 0.25) is 0 Å². The van der Waals surface area contributed by atoms with Crippen LogP contribution in [0.15, 0.2) is 28.7 Å². The van der Waals surface area contributed by atoms with Gasteiger partial charge in [-0.15, -0.1) is 0 Å². The molecule has 1 aliphatic carbocycles. The molecule has 2 saturated heterocycles. The van der Waals surface area contributed by atoms with E-state index >= 15 is 0 Å². The van der Waals surface area contributed by atoms with Crippen molar-refractivity contribution in [3.05, 3.63) is 35.6 Å². The first kappa shape index (κ1) is 23.2. The van der Waals surface area contributed by atoms with Crippen LogP contribution in [0.4, 0.5) is 0 Å². The van der Waals surface area contributed by atoms with Gasteiger partial charge in [-0.3, -0.25) is 4.79 Å². The molecular formula is C25H33NO5S2. The van der Waals surface area contributed by atoms with Crippen molar-refractivity contribution in [3.63, 3.8) is 0 Å². The Hall–Kier alpha value is -1.51. The van der Waals surface area contributed by atoms with Gasteiger partial charge in [-0.05, 0) is 38.2 Å². The van der Waals surface area contributed by atoms with E-state index in [1.54, 1.807) is 4.90 Å². The summed E-state index contributed by atoms with van der Waals surface area (Å²) in [4.78, 5) is 15.7. The normalized spacial score (nSPS) is 25.6. The molecule has 2 aromatic rings. The highest BCUT2D eigenvalue weighted by Crippen LogP contribution is 2.36. The Morgan fingerprint density at radius 1 is 1.06 bits per heavy atom. The molecule has 2 aliphatic heterocycles. The van der Waals surface area contributed by atoms with Crippen molar-refractivity contribution in [2.75, 3.05) is 24.7 Å². The molecule has 1 amide bonds. The lowest BCUT2D eigenvalue weighted by Crippen LogP contribution is -2.45. The van der Waals surface area contributed by atoms with Crippen LogP contribution in [-0.4, -0.2) is 61.3 Å². The van der Waals surface area contributed by atoms with Gasteiger partial charge >= 0.3 is 0 Å². The first-order valence-electron chi connectivity index (χ1n) is 12.3. The second-order valence-corrected chi connectivity index (χ2v) is 13.1. The molecule has 0 N–H and O–H groups in total. The summed E-state index contributed by atoms with van der Waals surface area (Å²) in [6, 6.07) is 7.52. The summed E-state index contributed by atoms with van der Waals surface area (Å²) >= 11 is 1.93. The molecule has 1 aromatic carbocycles. The number of rotatable bonds is 7. The number of carbonyl (C=O) groups excluding carboxylic acids is 1. The number of amides is 1. The van der Waals surface area contributed by atoms with Gasteiger partial charge in [0, 0.05) is 41.1 Å². The third kappa shape index (κ3) is 5.28. The molecule has 2 atom stereocenters. The van der Waals surface area contributed by atoms with E-state index in [-0.39, 0.29) is 29.6 Å². The number of thioether (sulfide) groups is 1. The van der Waals surface area contributed by atoms with Crippen LogP contribution in [-0.2, 0) is 20.3 Å². The highest BCUT2D eigenvalue weighted by Gasteiger charge is 2.38. The predicted molar refractivity (Wildman–Crippen MR) is 131 cm³/mol. The number of hydrogen-bond acceptors (Lipinski definition) is 6. The highest BCUT2D eigenvalue weighted by molar-refractivity contribution is 7.99. The molecule has 0 bridgehead atoms. The van der Waals surface area contributed by atoms with Crippen LogP contribution in [0.2, 0.25) is 0 Å². The molecule has 1 aromatic heterocycles. The van der Waals surface area contributed by atoms with Gasteiger partial charge in [0.15, 0.2) is 15.6 Å². The number of ether oxygens (including phenoxy) is 1. The number of benzene rings is 1. The average Bonchev–Trinajstić information content (AvgIpc) is 3.55. The fourth-order valence-corrected chi connectivity index (χ4v) is 8.49. The van der Waals surface area contributed by atoms with E-state index < -0.39 is 9.84 Å². The van der Waals surface area contributed by atoms with Crippen molar-refractivity contribution < 1.29 is 22.4 Å². The minimum atomic E-state index is -3.12. The van der Waals surface area contributed by atoms with Crippen molar-refractivity contribution >= 4 is 38.5 Å². The van der Waals surface area contributed by atoms with Crippen molar-refractivity contribution in [3.8, 4) is 0 Å². The standard InChI is InChI=1S/C25H33NO5S2/c27-25(26(15-19-7-6-13-30-19)18-12-14-33(28,29)17-18)24-22(16-32-20-8-2-1-3-9-20)21-10-4-5-11-23(21)31-24/h4-5,10-11,18-20H,1-3,6-9,12-17H2. The number of hydrogen-bond donors (Lipinski definition) is 0. The van der Waals surface area contributed by atoms with Crippen LogP contribution in [0.1, 0.15) is 67.5 Å². The van der Waals surface area contributed by atoms with Crippen molar-refractivity contribution in [1.29, 1.82) is 0 Å². The first-order valence-corrected chi connectivity index (χ1v) is 15.1. The van der Waals surface area contributed by atoms with E-state index in [1.807, 2.05) is 36.0 Å². The lowest BCUT2D eigenvalue weighted by atomic mass is 10.0. The quantitative estimate of drug-likeness (QED) is 0.553. The fourth-order valence-electron chi connectivity index (χ4n) is 5.40. The van der Waals surface area contributed by atoms with E-state index in [0.29, 0.717) is 30.6 Å². The predicted octanol–water partition coefficient (Wildman–Crippen LogP) is 4.81. The smallest absolute Gasteiger partial charge is 0.290 e. The topological polar surface area (TPSA) is 76.8 Å². The second-order valence-electron chi connectivity index (χ2n) is 9.63. The van der Waals surface area contributed by atoms with Crippen molar-refractivity contribution in [2.45, 2.75) is 74.5 Å². The monoisotopic (exact) mass is 491 g/mol. The molecule has 33 heavy (non-hydrogen) atoms. The lowest BCUT2D eigenvalue weighted by molar-refractivity contribution is 0.0419. The molecule has 6 nitrogen and oxygen atoms in total. The van der Waals surface area contributed by atoms with Gasteiger partial charge in [-0.2, -0.15) is 11.8 Å². The Bertz CT molecular complexity index is 1080. The Morgan fingerprint density at radius 3 is 2.61 bits per heavy atom. The number of carbonyl (C=O) groups is 1. The van der Waals surface area contributed by atoms with Crippen LogP contribution in [0.5, 0.6) is 0 Å². The molecule has 3 heterocycles. The third-order valence-electron chi connectivity index (χ3n) is 7.24. The van der Waals surface area contributed by atoms with E-state index in [2.05, 4.69) is 0 Å². The van der Waals surface area contributed by atoms with Gasteiger partial charge < -0.3 is 14.1 Å². The number of para-hydroxylation sites is 1. The van der Waals surface area contributed by atoms with Crippen LogP contribution >= 0.6 is 11.8 Å². The van der Waals surface area contributed by atoms with E-state index in [1.165, 1.54) is 32.1 Å². The summed E-state index contributed by atoms with van der Waals surface area (Å²) in [7, 11) is -3.12. The zero-order chi connectivity index (χ0) is 22.8. The third-order valence-corrected chi connectivity index (χ3v) is 10.4. The number of sulfone groups is 1. The molecule has 2 unspecified atom stereocenters. The van der Waals surface area contributed by atoms with Crippen molar-refractivity contribution in [1.82, 2.24) is 4.90 Å². The largest absolute Gasteiger partial charge is 0.451 e. The van der Waals surface area contributed by atoms with Crippen LogP contribution in [0.3, 0.4) is 0 Å². The van der Waals surface area contributed by atoms with Crippen LogP contribution in [0.25, 0.3) is 11.0 Å². The van der Waals surface area contributed by atoms with E-state index in [9.17, 15) is 13.2 Å². The van der Waals surface area contributed by atoms with E-state index in [0.717, 1.165) is 35.1 Å². The Labute approximate surface area is 200 Å². The summed E-state index contributed by atoms with van der Waals surface area (Å²) < 4.78 is 36.4. The molecule has 1 saturated carbocycles. The fraction of sp³-hybridized carbons (Fsp3) is 0.640. The second kappa shape index (κ2) is 10.0. The van der Waals surface area contributed by atoms with Gasteiger partial charge in [0.05, 0.1) is 17.6 Å². The minimum Gasteiger partial charge on any atom is -0.451 e.